The molecule has 0 aromatic carbocycles. The van der Waals surface area contributed by atoms with Gasteiger partial charge in [0.1, 0.15) is 5.60 Å². The first-order chi connectivity index (χ1) is 10.7. The first kappa shape index (κ1) is 17.8. The van der Waals surface area contributed by atoms with Crippen molar-refractivity contribution < 1.29 is 9.53 Å². The molecule has 1 aromatic rings. The van der Waals surface area contributed by atoms with Crippen LogP contribution in [-0.2, 0) is 17.8 Å². The summed E-state index contributed by atoms with van der Waals surface area (Å²) in [6, 6.07) is 0. The number of amides is 1. The SMILES string of the molecule is CCn1cncc1CNC(C)(CNC(=O)OC(C)(C)C)C1CC1. The molecule has 0 radical (unpaired) electrons. The Hall–Kier alpha value is -1.56. The lowest BCUT2D eigenvalue weighted by Gasteiger charge is -2.32. The highest BCUT2D eigenvalue weighted by Gasteiger charge is 2.41. The molecule has 1 heterocycles. The fraction of sp³-hybridized carbons (Fsp3) is 0.765. The van der Waals surface area contributed by atoms with Crippen molar-refractivity contribution in [1.29, 1.82) is 0 Å². The van der Waals surface area contributed by atoms with Gasteiger partial charge in [-0.1, -0.05) is 0 Å². The minimum absolute atomic E-state index is 0.125. The number of nitrogens with zero attached hydrogens (tertiary/aromatic N) is 2. The van der Waals surface area contributed by atoms with Gasteiger partial charge in [0, 0.05) is 31.4 Å². The van der Waals surface area contributed by atoms with Gasteiger partial charge < -0.3 is 19.9 Å². The van der Waals surface area contributed by atoms with E-state index in [2.05, 4.69) is 34.0 Å². The van der Waals surface area contributed by atoms with Crippen molar-refractivity contribution in [2.45, 2.75) is 71.7 Å². The second-order valence-corrected chi connectivity index (χ2v) is 7.57. The summed E-state index contributed by atoms with van der Waals surface area (Å²) in [5, 5.41) is 6.54. The number of nitrogens with one attached hydrogen (secondary N) is 2. The molecule has 130 valence electrons. The van der Waals surface area contributed by atoms with E-state index < -0.39 is 5.60 Å². The number of aromatic nitrogens is 2. The maximum atomic E-state index is 11.9. The minimum atomic E-state index is -0.471. The predicted molar refractivity (Wildman–Crippen MR) is 90.1 cm³/mol. The molecule has 6 nitrogen and oxygen atoms in total. The molecule has 1 saturated carbocycles. The molecule has 2 rings (SSSR count). The van der Waals surface area contributed by atoms with Gasteiger partial charge in [-0.2, -0.15) is 0 Å². The van der Waals surface area contributed by atoms with Crippen molar-refractivity contribution in [3.8, 4) is 0 Å². The highest BCUT2D eigenvalue weighted by Crippen LogP contribution is 2.39. The summed E-state index contributed by atoms with van der Waals surface area (Å²) in [5.41, 5.74) is 0.567. The largest absolute Gasteiger partial charge is 0.444 e. The lowest BCUT2D eigenvalue weighted by molar-refractivity contribution is 0.0507. The zero-order valence-electron chi connectivity index (χ0n) is 15.0. The normalized spacial score (nSPS) is 17.6. The Bertz CT molecular complexity index is 531. The zero-order chi connectivity index (χ0) is 17.1. The van der Waals surface area contributed by atoms with Crippen LogP contribution in [-0.4, -0.2) is 33.3 Å². The molecular formula is C17H30N4O2. The number of rotatable bonds is 7. The minimum Gasteiger partial charge on any atom is -0.444 e. The summed E-state index contributed by atoms with van der Waals surface area (Å²) < 4.78 is 7.45. The molecule has 0 aliphatic heterocycles. The lowest BCUT2D eigenvalue weighted by atomic mass is 9.95. The Balaban J connectivity index is 1.90. The van der Waals surface area contributed by atoms with Crippen LogP contribution in [0.25, 0.3) is 0 Å². The summed E-state index contributed by atoms with van der Waals surface area (Å²) in [5.74, 6) is 0.593. The van der Waals surface area contributed by atoms with Crippen LogP contribution in [0.4, 0.5) is 4.79 Å². The highest BCUT2D eigenvalue weighted by atomic mass is 16.6. The third-order valence-electron chi connectivity index (χ3n) is 4.29. The van der Waals surface area contributed by atoms with Gasteiger partial charge >= 0.3 is 6.09 Å². The molecule has 1 aromatic heterocycles. The topological polar surface area (TPSA) is 68.2 Å². The second kappa shape index (κ2) is 6.91. The number of imidazole rings is 1. The van der Waals surface area contributed by atoms with Crippen LogP contribution in [0.2, 0.25) is 0 Å². The van der Waals surface area contributed by atoms with E-state index in [0.29, 0.717) is 12.5 Å². The van der Waals surface area contributed by atoms with E-state index in [1.807, 2.05) is 33.3 Å². The van der Waals surface area contributed by atoms with Crippen molar-refractivity contribution in [2.24, 2.45) is 5.92 Å². The molecule has 23 heavy (non-hydrogen) atoms. The van der Waals surface area contributed by atoms with Crippen molar-refractivity contribution in [3.63, 3.8) is 0 Å². The van der Waals surface area contributed by atoms with Crippen LogP contribution in [0.15, 0.2) is 12.5 Å². The first-order valence-corrected chi connectivity index (χ1v) is 8.44. The van der Waals surface area contributed by atoms with Crippen molar-refractivity contribution in [3.05, 3.63) is 18.2 Å². The molecule has 0 spiro atoms. The highest BCUT2D eigenvalue weighted by molar-refractivity contribution is 5.67. The Morgan fingerprint density at radius 1 is 1.39 bits per heavy atom. The standard InChI is InChI=1S/C17H30N4O2/c1-6-21-12-18-9-14(21)10-20-17(5,13-7-8-13)11-19-15(22)23-16(2,3)4/h9,12-13,20H,6-8,10-11H2,1-5H3,(H,19,22). The maximum Gasteiger partial charge on any atom is 0.407 e. The van der Waals surface area contributed by atoms with Gasteiger partial charge in [-0.25, -0.2) is 9.78 Å². The molecular weight excluding hydrogens is 292 g/mol. The van der Waals surface area contributed by atoms with E-state index in [-0.39, 0.29) is 11.6 Å². The Morgan fingerprint density at radius 2 is 2.09 bits per heavy atom. The summed E-state index contributed by atoms with van der Waals surface area (Å²) >= 11 is 0. The van der Waals surface area contributed by atoms with Crippen LogP contribution in [0.1, 0.15) is 53.2 Å². The Labute approximate surface area is 139 Å². The van der Waals surface area contributed by atoms with Gasteiger partial charge in [0.15, 0.2) is 0 Å². The fourth-order valence-corrected chi connectivity index (χ4v) is 2.71. The van der Waals surface area contributed by atoms with Gasteiger partial charge in [0.05, 0.1) is 12.0 Å². The average Bonchev–Trinajstić information content (AvgIpc) is 3.21. The van der Waals surface area contributed by atoms with E-state index in [1.54, 1.807) is 0 Å². The first-order valence-electron chi connectivity index (χ1n) is 8.44. The smallest absolute Gasteiger partial charge is 0.407 e. The number of carbonyl (C=O) groups excluding carboxylic acids is 1. The van der Waals surface area contributed by atoms with Gasteiger partial charge in [-0.15, -0.1) is 0 Å². The van der Waals surface area contributed by atoms with E-state index >= 15 is 0 Å². The summed E-state index contributed by atoms with van der Waals surface area (Å²) in [4.78, 5) is 16.1. The van der Waals surface area contributed by atoms with Gasteiger partial charge in [0.2, 0.25) is 0 Å². The van der Waals surface area contributed by atoms with E-state index in [0.717, 1.165) is 18.8 Å². The second-order valence-electron chi connectivity index (χ2n) is 7.57. The quantitative estimate of drug-likeness (QED) is 0.810. The fourth-order valence-electron chi connectivity index (χ4n) is 2.71. The summed E-state index contributed by atoms with van der Waals surface area (Å²) in [7, 11) is 0. The number of ether oxygens (including phenoxy) is 1. The number of hydrogen-bond donors (Lipinski definition) is 2. The average molecular weight is 322 g/mol. The van der Waals surface area contributed by atoms with Crippen LogP contribution < -0.4 is 10.6 Å². The van der Waals surface area contributed by atoms with Gasteiger partial charge in [-0.05, 0) is 53.4 Å². The molecule has 1 atom stereocenters. The van der Waals surface area contributed by atoms with Crippen LogP contribution >= 0.6 is 0 Å². The van der Waals surface area contributed by atoms with Gasteiger partial charge in [-0.3, -0.25) is 0 Å². The van der Waals surface area contributed by atoms with Gasteiger partial charge in [0.25, 0.3) is 0 Å². The maximum absolute atomic E-state index is 11.9. The number of carbonyl (C=O) groups is 1. The van der Waals surface area contributed by atoms with Crippen LogP contribution in [0.5, 0.6) is 0 Å². The Kier molecular flexibility index (Phi) is 5.34. The molecule has 0 saturated heterocycles. The summed E-state index contributed by atoms with van der Waals surface area (Å²) in [6.45, 7) is 12.1. The Morgan fingerprint density at radius 3 is 2.65 bits per heavy atom. The molecule has 1 unspecified atom stereocenters. The molecule has 1 fully saturated rings. The number of alkyl carbamates (subject to hydrolysis) is 1. The van der Waals surface area contributed by atoms with E-state index in [4.69, 9.17) is 4.74 Å². The number of aryl methyl sites for hydroxylation is 1. The number of hydrogen-bond acceptors (Lipinski definition) is 4. The zero-order valence-corrected chi connectivity index (χ0v) is 15.0. The van der Waals surface area contributed by atoms with E-state index in [1.165, 1.54) is 12.8 Å². The van der Waals surface area contributed by atoms with E-state index in [9.17, 15) is 4.79 Å². The molecule has 1 amide bonds. The summed E-state index contributed by atoms with van der Waals surface area (Å²) in [6.07, 6.45) is 5.79. The monoisotopic (exact) mass is 322 g/mol. The third-order valence-corrected chi connectivity index (χ3v) is 4.29. The van der Waals surface area contributed by atoms with Crippen LogP contribution in [0.3, 0.4) is 0 Å². The van der Waals surface area contributed by atoms with Crippen molar-refractivity contribution in [2.75, 3.05) is 6.54 Å². The van der Waals surface area contributed by atoms with Crippen molar-refractivity contribution in [1.82, 2.24) is 20.2 Å². The third kappa shape index (κ3) is 5.23. The van der Waals surface area contributed by atoms with Crippen LogP contribution in [0, 0.1) is 5.92 Å². The molecule has 1 aliphatic rings. The predicted octanol–water partition coefficient (Wildman–Crippen LogP) is 2.69. The molecule has 2 N–H and O–H groups in total. The lowest BCUT2D eigenvalue weighted by Crippen LogP contribution is -2.53. The molecule has 1 aliphatic carbocycles. The van der Waals surface area contributed by atoms with Crippen molar-refractivity contribution >= 4 is 6.09 Å². The molecule has 0 bridgehead atoms. The molecule has 6 heteroatoms.